The number of nitrogens with zero attached hydrogens (tertiary/aromatic N) is 1. The maximum atomic E-state index is 4.82. The molecule has 0 amide bonds. The largest absolute Gasteiger partial charge is 0.399 e. The maximum absolute atomic E-state index is 4.82. The molecule has 1 aliphatic rings. The van der Waals surface area contributed by atoms with E-state index in [-0.39, 0.29) is 0 Å². The first-order chi connectivity index (χ1) is 6.83. The van der Waals surface area contributed by atoms with Crippen molar-refractivity contribution in [2.24, 2.45) is 5.16 Å². The molecule has 0 radical (unpaired) electrons. The van der Waals surface area contributed by atoms with Crippen LogP contribution in [0.15, 0.2) is 29.4 Å². The van der Waals surface area contributed by atoms with E-state index in [1.54, 1.807) is 7.11 Å². The van der Waals surface area contributed by atoms with Crippen molar-refractivity contribution in [3.8, 4) is 0 Å². The lowest BCUT2D eigenvalue weighted by Crippen LogP contribution is -2.05. The number of oxime groups is 1. The molecule has 1 atom stereocenters. The van der Waals surface area contributed by atoms with Crippen molar-refractivity contribution >= 4 is 5.71 Å². The number of hydrogen-bond acceptors (Lipinski definition) is 2. The highest BCUT2D eigenvalue weighted by atomic mass is 16.6. The molecule has 74 valence electrons. The number of hydrogen-bond donors (Lipinski definition) is 0. The molecule has 0 saturated heterocycles. The summed E-state index contributed by atoms with van der Waals surface area (Å²) in [4.78, 5) is 4.82. The van der Waals surface area contributed by atoms with Crippen LogP contribution in [0.5, 0.6) is 0 Å². The fourth-order valence-corrected chi connectivity index (χ4v) is 2.20. The molecule has 1 aliphatic carbocycles. The van der Waals surface area contributed by atoms with E-state index in [9.17, 15) is 0 Å². The molecule has 2 rings (SSSR count). The summed E-state index contributed by atoms with van der Waals surface area (Å²) in [5.41, 5.74) is 3.96. The lowest BCUT2D eigenvalue weighted by atomic mass is 9.97. The smallest absolute Gasteiger partial charge is 0.106 e. The molecular formula is C12H15NO. The predicted octanol–water partition coefficient (Wildman–Crippen LogP) is 2.74. The van der Waals surface area contributed by atoms with Crippen molar-refractivity contribution in [1.29, 1.82) is 0 Å². The second kappa shape index (κ2) is 3.82. The Labute approximate surface area is 84.6 Å². The van der Waals surface area contributed by atoms with Crippen molar-refractivity contribution in [3.05, 3.63) is 35.4 Å². The minimum atomic E-state index is 0.464. The minimum Gasteiger partial charge on any atom is -0.399 e. The zero-order valence-corrected chi connectivity index (χ0v) is 8.66. The van der Waals surface area contributed by atoms with Crippen molar-refractivity contribution in [3.63, 3.8) is 0 Å². The Balaban J connectivity index is 2.30. The average Bonchev–Trinajstić information content (AvgIpc) is 2.61. The van der Waals surface area contributed by atoms with Gasteiger partial charge in [0.25, 0.3) is 0 Å². The molecule has 0 N–H and O–H groups in total. The molecule has 1 aromatic carbocycles. The molecule has 0 spiro atoms. The molecule has 0 aromatic heterocycles. The van der Waals surface area contributed by atoms with Gasteiger partial charge in [0.05, 0.1) is 5.71 Å². The van der Waals surface area contributed by atoms with Gasteiger partial charge in [0, 0.05) is 5.92 Å². The van der Waals surface area contributed by atoms with Gasteiger partial charge in [0.15, 0.2) is 0 Å². The second-order valence-corrected chi connectivity index (χ2v) is 3.71. The molecule has 2 heteroatoms. The standard InChI is InChI=1S/C12H15NO/c1-9(13-14-2)11-8-7-10-5-3-4-6-12(10)11/h3-6,11H,7-8H2,1-2H3/b13-9+. The van der Waals surface area contributed by atoms with Crippen molar-refractivity contribution in [2.45, 2.75) is 25.7 Å². The van der Waals surface area contributed by atoms with Crippen molar-refractivity contribution in [1.82, 2.24) is 0 Å². The van der Waals surface area contributed by atoms with Crippen LogP contribution in [0.2, 0.25) is 0 Å². The molecular weight excluding hydrogens is 174 g/mol. The van der Waals surface area contributed by atoms with E-state index in [0.717, 1.165) is 18.6 Å². The summed E-state index contributed by atoms with van der Waals surface area (Å²) in [6.07, 6.45) is 2.33. The van der Waals surface area contributed by atoms with Crippen LogP contribution in [0, 0.1) is 0 Å². The average molecular weight is 189 g/mol. The Morgan fingerprint density at radius 3 is 3.00 bits per heavy atom. The fourth-order valence-electron chi connectivity index (χ4n) is 2.20. The summed E-state index contributed by atoms with van der Waals surface area (Å²) >= 11 is 0. The summed E-state index contributed by atoms with van der Waals surface area (Å²) < 4.78 is 0. The van der Waals surface area contributed by atoms with Gasteiger partial charge < -0.3 is 4.84 Å². The molecule has 1 aromatic rings. The lowest BCUT2D eigenvalue weighted by Gasteiger charge is -2.09. The Hall–Kier alpha value is -1.31. The maximum Gasteiger partial charge on any atom is 0.106 e. The van der Waals surface area contributed by atoms with Crippen LogP contribution in [-0.4, -0.2) is 12.8 Å². The molecule has 0 bridgehead atoms. The Morgan fingerprint density at radius 1 is 1.43 bits per heavy atom. The van der Waals surface area contributed by atoms with Gasteiger partial charge in [-0.15, -0.1) is 0 Å². The molecule has 2 nitrogen and oxygen atoms in total. The van der Waals surface area contributed by atoms with Gasteiger partial charge in [-0.25, -0.2) is 0 Å². The van der Waals surface area contributed by atoms with Crippen LogP contribution in [0.1, 0.15) is 30.4 Å². The van der Waals surface area contributed by atoms with E-state index in [1.807, 2.05) is 6.92 Å². The van der Waals surface area contributed by atoms with E-state index < -0.39 is 0 Å². The van der Waals surface area contributed by atoms with E-state index >= 15 is 0 Å². The molecule has 0 aliphatic heterocycles. The first kappa shape index (κ1) is 9.25. The highest BCUT2D eigenvalue weighted by Crippen LogP contribution is 2.33. The summed E-state index contributed by atoms with van der Waals surface area (Å²) in [5, 5.41) is 4.02. The Morgan fingerprint density at radius 2 is 2.21 bits per heavy atom. The number of aryl methyl sites for hydroxylation is 1. The summed E-state index contributed by atoms with van der Waals surface area (Å²) in [6.45, 7) is 2.04. The minimum absolute atomic E-state index is 0.464. The first-order valence-corrected chi connectivity index (χ1v) is 4.98. The quantitative estimate of drug-likeness (QED) is 0.518. The summed E-state index contributed by atoms with van der Waals surface area (Å²) in [7, 11) is 1.60. The van der Waals surface area contributed by atoms with Crippen LogP contribution in [0.25, 0.3) is 0 Å². The Bertz CT molecular complexity index is 357. The first-order valence-electron chi connectivity index (χ1n) is 4.98. The van der Waals surface area contributed by atoms with Crippen LogP contribution < -0.4 is 0 Å². The summed E-state index contributed by atoms with van der Waals surface area (Å²) in [5.74, 6) is 0.464. The molecule has 14 heavy (non-hydrogen) atoms. The third-order valence-electron chi connectivity index (χ3n) is 2.87. The van der Waals surface area contributed by atoms with Gasteiger partial charge in [-0.1, -0.05) is 29.4 Å². The lowest BCUT2D eigenvalue weighted by molar-refractivity contribution is 0.212. The van der Waals surface area contributed by atoms with Crippen molar-refractivity contribution in [2.75, 3.05) is 7.11 Å². The second-order valence-electron chi connectivity index (χ2n) is 3.71. The summed E-state index contributed by atoms with van der Waals surface area (Å²) in [6, 6.07) is 8.60. The number of rotatable bonds is 2. The van der Waals surface area contributed by atoms with Crippen LogP contribution in [0.3, 0.4) is 0 Å². The predicted molar refractivity (Wildman–Crippen MR) is 57.6 cm³/mol. The van der Waals surface area contributed by atoms with Gasteiger partial charge in [-0.2, -0.15) is 0 Å². The van der Waals surface area contributed by atoms with Gasteiger partial charge in [-0.3, -0.25) is 0 Å². The van der Waals surface area contributed by atoms with Crippen LogP contribution >= 0.6 is 0 Å². The molecule has 1 unspecified atom stereocenters. The van der Waals surface area contributed by atoms with Gasteiger partial charge in [-0.05, 0) is 30.9 Å². The van der Waals surface area contributed by atoms with Crippen LogP contribution in [0.4, 0.5) is 0 Å². The Kier molecular flexibility index (Phi) is 2.53. The third-order valence-corrected chi connectivity index (χ3v) is 2.87. The van der Waals surface area contributed by atoms with Gasteiger partial charge >= 0.3 is 0 Å². The van der Waals surface area contributed by atoms with E-state index in [0.29, 0.717) is 5.92 Å². The zero-order valence-electron chi connectivity index (χ0n) is 8.66. The van der Waals surface area contributed by atoms with E-state index in [1.165, 1.54) is 11.1 Å². The number of benzene rings is 1. The van der Waals surface area contributed by atoms with E-state index in [4.69, 9.17) is 4.84 Å². The highest BCUT2D eigenvalue weighted by molar-refractivity contribution is 5.89. The van der Waals surface area contributed by atoms with Crippen LogP contribution in [-0.2, 0) is 11.3 Å². The molecule has 0 heterocycles. The SMILES string of the molecule is CO/N=C(\C)C1CCc2ccccc21. The number of fused-ring (bicyclic) bond motifs is 1. The highest BCUT2D eigenvalue weighted by Gasteiger charge is 2.24. The van der Waals surface area contributed by atoms with Gasteiger partial charge in [0.2, 0.25) is 0 Å². The normalized spacial score (nSPS) is 20.7. The zero-order chi connectivity index (χ0) is 9.97. The van der Waals surface area contributed by atoms with Gasteiger partial charge in [0.1, 0.15) is 7.11 Å². The molecule has 0 fully saturated rings. The molecule has 0 saturated carbocycles. The fraction of sp³-hybridized carbons (Fsp3) is 0.417. The third kappa shape index (κ3) is 1.52. The van der Waals surface area contributed by atoms with E-state index in [2.05, 4.69) is 29.4 Å². The van der Waals surface area contributed by atoms with Crippen molar-refractivity contribution < 1.29 is 4.84 Å². The topological polar surface area (TPSA) is 21.6 Å². The monoisotopic (exact) mass is 189 g/mol.